The van der Waals surface area contributed by atoms with Crippen LogP contribution in [0.25, 0.3) is 0 Å². The van der Waals surface area contributed by atoms with E-state index in [0.717, 1.165) is 48.6 Å². The lowest BCUT2D eigenvalue weighted by molar-refractivity contribution is 0.223. The zero-order chi connectivity index (χ0) is 21.9. The minimum Gasteiger partial charge on any atom is -0.489 e. The Labute approximate surface area is 208 Å². The summed E-state index contributed by atoms with van der Waals surface area (Å²) in [5, 5.41) is 16.4. The molecule has 1 aromatic heterocycles. The highest BCUT2D eigenvalue weighted by atomic mass is 127. The number of hydrogen-bond donors (Lipinski definition) is 2. The van der Waals surface area contributed by atoms with E-state index in [1.165, 1.54) is 5.56 Å². The number of nitrogens with zero attached hydrogens (tertiary/aromatic N) is 4. The van der Waals surface area contributed by atoms with E-state index in [2.05, 4.69) is 57.2 Å². The number of halogens is 1. The van der Waals surface area contributed by atoms with Crippen LogP contribution in [0.3, 0.4) is 0 Å². The number of benzene rings is 1. The second-order valence-corrected chi connectivity index (χ2v) is 8.61. The number of ether oxygens (including phenoxy) is 1. The molecule has 0 aliphatic rings. The first-order chi connectivity index (χ1) is 14.4. The van der Waals surface area contributed by atoms with Crippen LogP contribution in [0.1, 0.15) is 38.6 Å². The number of nitrogens with one attached hydrogen (secondary N) is 2. The Hall–Kier alpha value is -1.49. The van der Waals surface area contributed by atoms with E-state index in [9.17, 15) is 0 Å². The minimum atomic E-state index is 0. The van der Waals surface area contributed by atoms with Crippen molar-refractivity contribution in [1.29, 1.82) is 0 Å². The van der Waals surface area contributed by atoms with Crippen molar-refractivity contribution in [3.63, 3.8) is 0 Å². The molecule has 2 aromatic rings. The van der Waals surface area contributed by atoms with Crippen molar-refractivity contribution in [2.24, 2.45) is 10.9 Å². The highest BCUT2D eigenvalue weighted by Crippen LogP contribution is 2.17. The van der Waals surface area contributed by atoms with Crippen LogP contribution < -0.4 is 15.4 Å². The van der Waals surface area contributed by atoms with Gasteiger partial charge in [-0.1, -0.05) is 37.7 Å². The van der Waals surface area contributed by atoms with Crippen LogP contribution in [0.15, 0.2) is 34.4 Å². The molecule has 1 unspecified atom stereocenters. The maximum atomic E-state index is 5.97. The highest BCUT2D eigenvalue weighted by molar-refractivity contribution is 14.0. The molecule has 2 N–H and O–H groups in total. The van der Waals surface area contributed by atoms with Crippen LogP contribution in [0.2, 0.25) is 0 Å². The van der Waals surface area contributed by atoms with Crippen LogP contribution >= 0.6 is 35.7 Å². The van der Waals surface area contributed by atoms with E-state index in [0.29, 0.717) is 12.5 Å². The Balaban J connectivity index is 0.00000480. The van der Waals surface area contributed by atoms with Crippen molar-refractivity contribution in [1.82, 2.24) is 25.4 Å². The van der Waals surface area contributed by atoms with Gasteiger partial charge in [0, 0.05) is 26.6 Å². The predicted octanol–water partition coefficient (Wildman–Crippen LogP) is 4.15. The zero-order valence-corrected chi connectivity index (χ0v) is 22.7. The average molecular weight is 561 g/mol. The van der Waals surface area contributed by atoms with E-state index in [4.69, 9.17) is 4.74 Å². The molecule has 1 atom stereocenters. The summed E-state index contributed by atoms with van der Waals surface area (Å²) in [5.74, 6) is 3.29. The first-order valence-electron chi connectivity index (χ1n) is 10.6. The number of hydrogen-bond acceptors (Lipinski definition) is 5. The fraction of sp³-hybridized carbons (Fsp3) is 0.591. The van der Waals surface area contributed by atoms with Crippen LogP contribution in [0.4, 0.5) is 0 Å². The lowest BCUT2D eigenvalue weighted by Crippen LogP contribution is -2.42. The summed E-state index contributed by atoms with van der Waals surface area (Å²) < 4.78 is 8.21. The van der Waals surface area contributed by atoms with Gasteiger partial charge in [0.25, 0.3) is 0 Å². The van der Waals surface area contributed by atoms with Gasteiger partial charge in [-0.2, -0.15) is 0 Å². The van der Waals surface area contributed by atoms with Gasteiger partial charge in [-0.15, -0.1) is 34.2 Å². The maximum absolute atomic E-state index is 5.97. The number of aromatic nitrogens is 3. The molecule has 0 amide bonds. The normalized spacial score (nSPS) is 12.4. The van der Waals surface area contributed by atoms with Gasteiger partial charge in [0.05, 0.1) is 6.54 Å². The second kappa shape index (κ2) is 14.5. The number of guanidine groups is 1. The van der Waals surface area contributed by atoms with E-state index < -0.39 is 0 Å². The molecular weight excluding hydrogens is 523 g/mol. The van der Waals surface area contributed by atoms with Crippen molar-refractivity contribution in [2.45, 2.75) is 58.3 Å². The summed E-state index contributed by atoms with van der Waals surface area (Å²) >= 11 is 1.65. The Morgan fingerprint density at radius 3 is 2.65 bits per heavy atom. The summed E-state index contributed by atoms with van der Waals surface area (Å²) in [5.41, 5.74) is 1.19. The molecule has 7 nitrogen and oxygen atoms in total. The number of thioether (sulfide) groups is 1. The van der Waals surface area contributed by atoms with Crippen LogP contribution in [-0.2, 0) is 13.0 Å². The van der Waals surface area contributed by atoms with Gasteiger partial charge in [-0.05, 0) is 50.1 Å². The van der Waals surface area contributed by atoms with Crippen molar-refractivity contribution in [3.05, 3.63) is 35.7 Å². The van der Waals surface area contributed by atoms with Crippen LogP contribution in [0, 0.1) is 12.8 Å². The molecule has 2 rings (SSSR count). The van der Waals surface area contributed by atoms with Crippen molar-refractivity contribution in [3.8, 4) is 5.75 Å². The third-order valence-electron chi connectivity index (χ3n) is 4.50. The lowest BCUT2D eigenvalue weighted by Gasteiger charge is -2.18. The first kappa shape index (κ1) is 27.5. The molecule has 0 saturated heterocycles. The van der Waals surface area contributed by atoms with Gasteiger partial charge in [-0.3, -0.25) is 4.99 Å². The fourth-order valence-corrected chi connectivity index (χ4v) is 3.60. The van der Waals surface area contributed by atoms with E-state index in [-0.39, 0.29) is 30.1 Å². The van der Waals surface area contributed by atoms with Gasteiger partial charge < -0.3 is 19.9 Å². The second-order valence-electron chi connectivity index (χ2n) is 7.84. The Morgan fingerprint density at radius 2 is 2.00 bits per heavy atom. The molecule has 31 heavy (non-hydrogen) atoms. The van der Waals surface area contributed by atoms with E-state index in [1.54, 1.807) is 18.8 Å². The molecular formula is C22H37IN6OS. The highest BCUT2D eigenvalue weighted by Gasteiger charge is 2.12. The summed E-state index contributed by atoms with van der Waals surface area (Å²) in [4.78, 5) is 4.30. The molecule has 0 saturated carbocycles. The molecule has 0 aliphatic carbocycles. The van der Waals surface area contributed by atoms with Gasteiger partial charge in [0.1, 0.15) is 17.7 Å². The fourth-order valence-electron chi connectivity index (χ4n) is 3.08. The van der Waals surface area contributed by atoms with E-state index >= 15 is 0 Å². The molecule has 0 radical (unpaired) electrons. The van der Waals surface area contributed by atoms with Gasteiger partial charge in [0.2, 0.25) is 0 Å². The molecule has 174 valence electrons. The van der Waals surface area contributed by atoms with Crippen molar-refractivity contribution < 1.29 is 4.74 Å². The lowest BCUT2D eigenvalue weighted by atomic mass is 10.2. The van der Waals surface area contributed by atoms with Crippen molar-refractivity contribution >= 4 is 41.7 Å². The number of aliphatic imine (C=N–C) groups is 1. The molecule has 0 bridgehead atoms. The standard InChI is InChI=1S/C22H36N6OS.HI/c1-16(2)15-28-20(26-27-22(28)30-6)11-8-12-24-21(23-5)25-14-18(4)29-19-10-7-9-17(3)13-19;/h7,9-10,13,16,18H,8,11-12,14-15H2,1-6H3,(H2,23,24,25);1H. The molecule has 1 aromatic carbocycles. The molecule has 0 spiro atoms. The summed E-state index contributed by atoms with van der Waals surface area (Å²) in [6.07, 6.45) is 3.92. The third-order valence-corrected chi connectivity index (χ3v) is 5.17. The Morgan fingerprint density at radius 1 is 1.23 bits per heavy atom. The molecule has 9 heteroatoms. The summed E-state index contributed by atoms with van der Waals surface area (Å²) in [7, 11) is 1.78. The zero-order valence-electron chi connectivity index (χ0n) is 19.5. The topological polar surface area (TPSA) is 76.4 Å². The van der Waals surface area contributed by atoms with E-state index in [1.807, 2.05) is 31.4 Å². The minimum absolute atomic E-state index is 0. The molecule has 0 aliphatic heterocycles. The Kier molecular flexibility index (Phi) is 12.9. The monoisotopic (exact) mass is 560 g/mol. The molecule has 1 heterocycles. The molecule has 0 fully saturated rings. The van der Waals surface area contributed by atoms with Gasteiger partial charge in [0.15, 0.2) is 11.1 Å². The maximum Gasteiger partial charge on any atom is 0.191 e. The third kappa shape index (κ3) is 9.67. The summed E-state index contributed by atoms with van der Waals surface area (Å²) in [6, 6.07) is 8.10. The quantitative estimate of drug-likeness (QED) is 0.142. The number of rotatable bonds is 11. The Bertz CT molecular complexity index is 811. The number of aryl methyl sites for hydroxylation is 2. The SMILES string of the molecule is CN=C(NCCCc1nnc(SC)n1CC(C)C)NCC(C)Oc1cccc(C)c1.I. The largest absolute Gasteiger partial charge is 0.489 e. The van der Waals surface area contributed by atoms with Gasteiger partial charge >= 0.3 is 0 Å². The summed E-state index contributed by atoms with van der Waals surface area (Å²) in [6.45, 7) is 11.0. The van der Waals surface area contributed by atoms with Crippen molar-refractivity contribution in [2.75, 3.05) is 26.4 Å². The van der Waals surface area contributed by atoms with Gasteiger partial charge in [-0.25, -0.2) is 0 Å². The van der Waals surface area contributed by atoms with Crippen LogP contribution in [0.5, 0.6) is 5.75 Å². The van der Waals surface area contributed by atoms with Crippen LogP contribution in [-0.4, -0.2) is 53.2 Å². The first-order valence-corrected chi connectivity index (χ1v) is 11.8. The average Bonchev–Trinajstić information content (AvgIpc) is 3.08. The predicted molar refractivity (Wildman–Crippen MR) is 141 cm³/mol. The smallest absolute Gasteiger partial charge is 0.191 e.